The molecule has 0 bridgehead atoms. The van der Waals surface area contributed by atoms with Crippen LogP contribution in [0.1, 0.15) is 21.6 Å². The Labute approximate surface area is 151 Å². The molecule has 1 aromatic heterocycles. The highest BCUT2D eigenvalue weighted by Gasteiger charge is 2.23. The van der Waals surface area contributed by atoms with Gasteiger partial charge in [0.2, 0.25) is 5.91 Å². The third-order valence-electron chi connectivity index (χ3n) is 4.12. The minimum Gasteiger partial charge on any atom is -0.505 e. The van der Waals surface area contributed by atoms with Crippen LogP contribution >= 0.6 is 11.6 Å². The van der Waals surface area contributed by atoms with Gasteiger partial charge < -0.3 is 10.8 Å². The average Bonchev–Trinajstić information content (AvgIpc) is 2.81. The summed E-state index contributed by atoms with van der Waals surface area (Å²) in [4.78, 5) is 24.3. The summed E-state index contributed by atoms with van der Waals surface area (Å²) in [6, 6.07) is 5.65. The lowest BCUT2D eigenvalue weighted by atomic mass is 10.1. The van der Waals surface area contributed by atoms with Gasteiger partial charge in [-0.2, -0.15) is 0 Å². The number of phenols is 1. The first-order valence-electron chi connectivity index (χ1n) is 7.51. The fourth-order valence-corrected chi connectivity index (χ4v) is 3.02. The molecule has 134 valence electrons. The molecule has 0 saturated heterocycles. The number of amides is 1. The van der Waals surface area contributed by atoms with Crippen LogP contribution in [-0.4, -0.2) is 21.5 Å². The zero-order chi connectivity index (χ0) is 19.2. The third-order valence-corrected chi connectivity index (χ3v) is 4.43. The summed E-state index contributed by atoms with van der Waals surface area (Å²) in [7, 11) is 0. The van der Waals surface area contributed by atoms with Crippen LogP contribution < -0.4 is 5.73 Å². The number of primary amides is 1. The lowest BCUT2D eigenvalue weighted by Crippen LogP contribution is -2.16. The van der Waals surface area contributed by atoms with Gasteiger partial charge in [-0.05, 0) is 36.8 Å². The van der Waals surface area contributed by atoms with E-state index in [2.05, 4.69) is 0 Å². The molecule has 3 aromatic rings. The smallest absolute Gasteiger partial charge is 0.262 e. The van der Waals surface area contributed by atoms with Crippen LogP contribution in [0.3, 0.4) is 0 Å². The Bertz CT molecular complexity index is 1080. The molecular formula is C18H13ClF2N2O3. The first-order chi connectivity index (χ1) is 12.2. The maximum Gasteiger partial charge on any atom is 0.262 e. The van der Waals surface area contributed by atoms with Gasteiger partial charge in [-0.15, -0.1) is 0 Å². The maximum atomic E-state index is 13.9. The van der Waals surface area contributed by atoms with E-state index in [0.717, 1.165) is 22.8 Å². The van der Waals surface area contributed by atoms with Crippen molar-refractivity contribution in [1.29, 1.82) is 0 Å². The van der Waals surface area contributed by atoms with Crippen LogP contribution in [0.5, 0.6) is 5.75 Å². The fraction of sp³-hybridized carbons (Fsp3) is 0.111. The van der Waals surface area contributed by atoms with Crippen LogP contribution in [0.4, 0.5) is 8.78 Å². The number of benzene rings is 2. The van der Waals surface area contributed by atoms with Gasteiger partial charge in [0.25, 0.3) is 5.91 Å². The van der Waals surface area contributed by atoms with E-state index < -0.39 is 29.2 Å². The Kier molecular flexibility index (Phi) is 4.41. The quantitative estimate of drug-likeness (QED) is 0.733. The molecule has 0 radical (unpaired) electrons. The predicted molar refractivity (Wildman–Crippen MR) is 92.3 cm³/mol. The van der Waals surface area contributed by atoms with Gasteiger partial charge in [0.15, 0.2) is 11.6 Å². The van der Waals surface area contributed by atoms with Crippen LogP contribution in [-0.2, 0) is 11.2 Å². The van der Waals surface area contributed by atoms with Crippen LogP contribution in [0.2, 0.25) is 5.02 Å². The van der Waals surface area contributed by atoms with E-state index in [1.165, 1.54) is 12.1 Å². The number of aromatic hydroxyl groups is 1. The highest BCUT2D eigenvalue weighted by Crippen LogP contribution is 2.32. The molecule has 0 spiro atoms. The molecule has 3 N–H and O–H groups in total. The standard InChI is InChI=1S/C18H13ClF2N2O3/c1-8-10(6-17(22)25)11-5-16(24)14(21)7-15(11)23(8)18(26)9-2-3-12(19)13(20)4-9/h2-5,7,24H,6H2,1H3,(H2,22,25). The molecule has 1 heterocycles. The maximum absolute atomic E-state index is 13.9. The summed E-state index contributed by atoms with van der Waals surface area (Å²) in [5.74, 6) is -3.61. The summed E-state index contributed by atoms with van der Waals surface area (Å²) < 4.78 is 28.7. The zero-order valence-electron chi connectivity index (χ0n) is 13.5. The van der Waals surface area contributed by atoms with Crippen molar-refractivity contribution in [2.45, 2.75) is 13.3 Å². The Balaban J connectivity index is 2.29. The van der Waals surface area contributed by atoms with Crippen molar-refractivity contribution in [2.75, 3.05) is 0 Å². The number of fused-ring (bicyclic) bond motifs is 1. The number of carbonyl (C=O) groups is 2. The van der Waals surface area contributed by atoms with Crippen LogP contribution in [0.15, 0.2) is 30.3 Å². The molecule has 0 aliphatic heterocycles. The van der Waals surface area contributed by atoms with Gasteiger partial charge in [-0.25, -0.2) is 8.78 Å². The van der Waals surface area contributed by atoms with E-state index in [0.29, 0.717) is 16.6 Å². The number of rotatable bonds is 3. The van der Waals surface area contributed by atoms with Crippen LogP contribution in [0, 0.1) is 18.6 Å². The summed E-state index contributed by atoms with van der Waals surface area (Å²) in [5.41, 5.74) is 6.09. The number of aromatic nitrogens is 1. The van der Waals surface area contributed by atoms with Gasteiger partial charge in [-0.1, -0.05) is 11.6 Å². The second-order valence-corrected chi connectivity index (χ2v) is 6.20. The second kappa shape index (κ2) is 6.42. The Morgan fingerprint density at radius 1 is 1.19 bits per heavy atom. The van der Waals surface area contributed by atoms with Gasteiger partial charge in [0.05, 0.1) is 17.0 Å². The number of hydrogen-bond acceptors (Lipinski definition) is 3. The third kappa shape index (κ3) is 2.90. The molecule has 5 nitrogen and oxygen atoms in total. The normalized spacial score (nSPS) is 11.1. The largest absolute Gasteiger partial charge is 0.505 e. The molecule has 0 saturated carbocycles. The van der Waals surface area contributed by atoms with Crippen molar-refractivity contribution in [2.24, 2.45) is 5.73 Å². The SMILES string of the molecule is Cc1c(CC(N)=O)c2cc(O)c(F)cc2n1C(=O)c1ccc(Cl)c(F)c1. The molecule has 0 unspecified atom stereocenters. The molecule has 1 amide bonds. The molecule has 0 fully saturated rings. The van der Waals surface area contributed by atoms with Crippen molar-refractivity contribution < 1.29 is 23.5 Å². The summed E-state index contributed by atoms with van der Waals surface area (Å²) in [5, 5.41) is 9.82. The molecule has 8 heteroatoms. The molecule has 26 heavy (non-hydrogen) atoms. The van der Waals surface area contributed by atoms with Gasteiger partial charge >= 0.3 is 0 Å². The molecule has 0 aliphatic rings. The number of hydrogen-bond donors (Lipinski definition) is 2. The molecule has 0 atom stereocenters. The molecular weight excluding hydrogens is 366 g/mol. The Morgan fingerprint density at radius 3 is 2.50 bits per heavy atom. The van der Waals surface area contributed by atoms with Gasteiger partial charge in [0, 0.05) is 22.7 Å². The number of nitrogens with zero attached hydrogens (tertiary/aromatic N) is 1. The van der Waals surface area contributed by atoms with E-state index in [9.17, 15) is 23.5 Å². The fourth-order valence-electron chi connectivity index (χ4n) is 2.91. The second-order valence-electron chi connectivity index (χ2n) is 5.80. The van der Waals surface area contributed by atoms with E-state index in [-0.39, 0.29) is 22.5 Å². The van der Waals surface area contributed by atoms with Crippen molar-refractivity contribution in [3.63, 3.8) is 0 Å². The molecule has 3 rings (SSSR count). The summed E-state index contributed by atoms with van der Waals surface area (Å²) >= 11 is 5.64. The van der Waals surface area contributed by atoms with Crippen molar-refractivity contribution in [1.82, 2.24) is 4.57 Å². The van der Waals surface area contributed by atoms with Crippen LogP contribution in [0.25, 0.3) is 10.9 Å². The number of nitrogens with two attached hydrogens (primary N) is 1. The Morgan fingerprint density at radius 2 is 1.88 bits per heavy atom. The average molecular weight is 379 g/mol. The number of phenolic OH excluding ortho intramolecular Hbond substituents is 1. The lowest BCUT2D eigenvalue weighted by Gasteiger charge is -2.08. The van der Waals surface area contributed by atoms with E-state index in [1.54, 1.807) is 6.92 Å². The van der Waals surface area contributed by atoms with E-state index in [4.69, 9.17) is 17.3 Å². The molecule has 2 aromatic carbocycles. The zero-order valence-corrected chi connectivity index (χ0v) is 14.3. The monoisotopic (exact) mass is 378 g/mol. The summed E-state index contributed by atoms with van der Waals surface area (Å²) in [6.07, 6.45) is -0.206. The summed E-state index contributed by atoms with van der Waals surface area (Å²) in [6.45, 7) is 1.55. The van der Waals surface area contributed by atoms with E-state index in [1.807, 2.05) is 0 Å². The molecule has 0 aliphatic carbocycles. The van der Waals surface area contributed by atoms with Gasteiger partial charge in [0.1, 0.15) is 5.82 Å². The number of carbonyl (C=O) groups excluding carboxylic acids is 2. The predicted octanol–water partition coefficient (Wildman–Crippen LogP) is 3.30. The number of halogens is 3. The first kappa shape index (κ1) is 17.9. The minimum absolute atomic E-state index is 0.00833. The minimum atomic E-state index is -0.933. The van der Waals surface area contributed by atoms with Gasteiger partial charge in [-0.3, -0.25) is 14.2 Å². The van der Waals surface area contributed by atoms with E-state index >= 15 is 0 Å². The van der Waals surface area contributed by atoms with Crippen molar-refractivity contribution >= 4 is 34.3 Å². The highest BCUT2D eigenvalue weighted by atomic mass is 35.5. The Hall–Kier alpha value is -2.93. The van der Waals surface area contributed by atoms with Crippen molar-refractivity contribution in [3.8, 4) is 5.75 Å². The highest BCUT2D eigenvalue weighted by molar-refractivity contribution is 6.30. The van der Waals surface area contributed by atoms with Crippen molar-refractivity contribution in [3.05, 3.63) is 63.8 Å². The first-order valence-corrected chi connectivity index (χ1v) is 7.89. The lowest BCUT2D eigenvalue weighted by molar-refractivity contribution is -0.117. The topological polar surface area (TPSA) is 85.3 Å².